The van der Waals surface area contributed by atoms with Crippen molar-refractivity contribution in [2.75, 3.05) is 6.54 Å². The fourth-order valence-corrected chi connectivity index (χ4v) is 2.85. The fourth-order valence-electron chi connectivity index (χ4n) is 2.85. The van der Waals surface area contributed by atoms with Crippen LogP contribution >= 0.6 is 0 Å². The smallest absolute Gasteiger partial charge is 0.334 e. The topological polar surface area (TPSA) is 111 Å². The molecule has 0 atom stereocenters. The number of unbranched alkanes of at least 4 members (excludes halogenated alkanes) is 1. The van der Waals surface area contributed by atoms with Crippen LogP contribution in [-0.4, -0.2) is 44.4 Å². The summed E-state index contributed by atoms with van der Waals surface area (Å²) < 4.78 is 5.23. The number of rotatable bonds is 6. The van der Waals surface area contributed by atoms with E-state index in [-0.39, 0.29) is 35.7 Å². The molecule has 0 saturated carbocycles. The number of urea groups is 1. The molecule has 1 saturated heterocycles. The predicted molar refractivity (Wildman–Crippen MR) is 99.0 cm³/mol. The molecule has 28 heavy (non-hydrogen) atoms. The van der Waals surface area contributed by atoms with Crippen molar-refractivity contribution in [3.05, 3.63) is 53.5 Å². The Morgan fingerprint density at radius 2 is 1.82 bits per heavy atom. The van der Waals surface area contributed by atoms with E-state index >= 15 is 0 Å². The van der Waals surface area contributed by atoms with Crippen molar-refractivity contribution in [2.45, 2.75) is 26.3 Å². The van der Waals surface area contributed by atoms with Gasteiger partial charge in [-0.05, 0) is 36.8 Å². The predicted octanol–water partition coefficient (Wildman–Crippen LogP) is 2.87. The summed E-state index contributed by atoms with van der Waals surface area (Å²) in [5.74, 6) is -1.53. The van der Waals surface area contributed by atoms with E-state index in [9.17, 15) is 24.6 Å². The first-order valence-electron chi connectivity index (χ1n) is 8.86. The Hall–Kier alpha value is -3.55. The maximum atomic E-state index is 12.9. The number of hydrogen-bond acceptors (Lipinski definition) is 6. The highest BCUT2D eigenvalue weighted by molar-refractivity contribution is 6.30. The summed E-state index contributed by atoms with van der Waals surface area (Å²) in [7, 11) is 0. The van der Waals surface area contributed by atoms with Gasteiger partial charge in [0.1, 0.15) is 22.8 Å². The van der Waals surface area contributed by atoms with Crippen molar-refractivity contribution in [2.24, 2.45) is 0 Å². The van der Waals surface area contributed by atoms with Crippen LogP contribution in [0.5, 0.6) is 11.5 Å². The molecule has 0 spiro atoms. The average molecular weight is 384 g/mol. The number of amides is 4. The number of furan rings is 1. The lowest BCUT2D eigenvalue weighted by Crippen LogP contribution is -2.56. The number of barbiturate groups is 1. The molecule has 1 aromatic carbocycles. The standard InChI is InChI=1S/C20H20N2O6/c1-2-3-8-21-18(25)16(10-13-6-7-14(23)11-17(13)24)19(26)22(20(21)27)12-15-5-4-9-28-15/h4-7,9-11,23-24H,2-3,8,12H2,1H3/b16-10-. The normalized spacial score (nSPS) is 16.3. The number of carbonyl (C=O) groups excluding carboxylic acids is 3. The zero-order chi connectivity index (χ0) is 20.3. The number of phenols is 2. The number of aromatic hydroxyl groups is 2. The summed E-state index contributed by atoms with van der Waals surface area (Å²) >= 11 is 0. The lowest BCUT2D eigenvalue weighted by Gasteiger charge is -2.33. The third-order valence-corrected chi connectivity index (χ3v) is 4.36. The molecule has 2 aromatic rings. The number of hydrogen-bond donors (Lipinski definition) is 2. The molecule has 0 bridgehead atoms. The minimum atomic E-state index is -0.772. The third-order valence-electron chi connectivity index (χ3n) is 4.36. The lowest BCUT2D eigenvalue weighted by molar-refractivity contribution is -0.136. The maximum Gasteiger partial charge on any atom is 0.334 e. The Morgan fingerprint density at radius 3 is 2.46 bits per heavy atom. The van der Waals surface area contributed by atoms with Gasteiger partial charge >= 0.3 is 6.03 Å². The Kier molecular flexibility index (Phi) is 5.49. The Balaban J connectivity index is 2.01. The molecule has 4 amide bonds. The van der Waals surface area contributed by atoms with Crippen LogP contribution in [0.15, 0.2) is 46.6 Å². The van der Waals surface area contributed by atoms with E-state index in [2.05, 4.69) is 0 Å². The highest BCUT2D eigenvalue weighted by Crippen LogP contribution is 2.28. The first-order chi connectivity index (χ1) is 13.4. The third kappa shape index (κ3) is 3.75. The van der Waals surface area contributed by atoms with Gasteiger partial charge in [-0.1, -0.05) is 13.3 Å². The Bertz CT molecular complexity index is 932. The van der Waals surface area contributed by atoms with E-state index in [1.165, 1.54) is 24.5 Å². The van der Waals surface area contributed by atoms with Gasteiger partial charge in [-0.15, -0.1) is 0 Å². The van der Waals surface area contributed by atoms with Crippen LogP contribution in [0.2, 0.25) is 0 Å². The quantitative estimate of drug-likeness (QED) is 0.585. The van der Waals surface area contributed by atoms with Crippen LogP contribution in [0.1, 0.15) is 31.1 Å². The zero-order valence-corrected chi connectivity index (χ0v) is 15.3. The van der Waals surface area contributed by atoms with Crippen molar-refractivity contribution in [3.8, 4) is 11.5 Å². The monoisotopic (exact) mass is 384 g/mol. The second kappa shape index (κ2) is 7.99. The number of nitrogens with zero attached hydrogens (tertiary/aromatic N) is 2. The minimum absolute atomic E-state index is 0.112. The summed E-state index contributed by atoms with van der Waals surface area (Å²) in [6.07, 6.45) is 4.01. The molecular formula is C20H20N2O6. The number of imide groups is 2. The van der Waals surface area contributed by atoms with Crippen LogP contribution in [0.25, 0.3) is 6.08 Å². The minimum Gasteiger partial charge on any atom is -0.508 e. The van der Waals surface area contributed by atoms with E-state index < -0.39 is 17.8 Å². The SMILES string of the molecule is CCCCN1C(=O)/C(=C/c2ccc(O)cc2O)C(=O)N(Cc2ccco2)C1=O. The molecule has 0 unspecified atom stereocenters. The van der Waals surface area contributed by atoms with Crippen LogP contribution in [-0.2, 0) is 16.1 Å². The van der Waals surface area contributed by atoms with Gasteiger partial charge in [0.25, 0.3) is 11.8 Å². The summed E-state index contributed by atoms with van der Waals surface area (Å²) in [5.41, 5.74) is -0.0690. The van der Waals surface area contributed by atoms with Crippen LogP contribution in [0, 0.1) is 0 Å². The van der Waals surface area contributed by atoms with Crippen LogP contribution in [0.4, 0.5) is 4.79 Å². The van der Waals surface area contributed by atoms with E-state index in [1.54, 1.807) is 12.1 Å². The van der Waals surface area contributed by atoms with E-state index in [0.717, 1.165) is 22.3 Å². The van der Waals surface area contributed by atoms with Crippen LogP contribution in [0.3, 0.4) is 0 Å². The maximum absolute atomic E-state index is 12.9. The van der Waals surface area contributed by atoms with Gasteiger partial charge in [-0.2, -0.15) is 0 Å². The van der Waals surface area contributed by atoms with Gasteiger partial charge in [0.2, 0.25) is 0 Å². The molecule has 1 aromatic heterocycles. The van der Waals surface area contributed by atoms with E-state index in [1.807, 2.05) is 6.92 Å². The van der Waals surface area contributed by atoms with Gasteiger partial charge < -0.3 is 14.6 Å². The second-order valence-electron chi connectivity index (χ2n) is 6.36. The van der Waals surface area contributed by atoms with Crippen molar-refractivity contribution in [1.29, 1.82) is 0 Å². The Morgan fingerprint density at radius 1 is 1.07 bits per heavy atom. The van der Waals surface area contributed by atoms with Gasteiger partial charge in [-0.3, -0.25) is 19.4 Å². The van der Waals surface area contributed by atoms with E-state index in [4.69, 9.17) is 4.42 Å². The van der Waals surface area contributed by atoms with Gasteiger partial charge in [0.05, 0.1) is 12.8 Å². The van der Waals surface area contributed by atoms with Crippen molar-refractivity contribution in [3.63, 3.8) is 0 Å². The first kappa shape index (κ1) is 19.2. The van der Waals surface area contributed by atoms with E-state index in [0.29, 0.717) is 12.2 Å². The molecule has 8 nitrogen and oxygen atoms in total. The summed E-state index contributed by atoms with van der Waals surface area (Å²) in [6.45, 7) is 1.99. The number of phenolic OH excluding ortho intramolecular Hbond substituents is 2. The van der Waals surface area contributed by atoms with Crippen molar-refractivity contribution in [1.82, 2.24) is 9.80 Å². The number of benzene rings is 1. The molecule has 2 heterocycles. The van der Waals surface area contributed by atoms with Crippen molar-refractivity contribution >= 4 is 23.9 Å². The molecule has 8 heteroatoms. The molecule has 1 fully saturated rings. The largest absolute Gasteiger partial charge is 0.508 e. The molecule has 146 valence electrons. The fraction of sp³-hybridized carbons (Fsp3) is 0.250. The van der Waals surface area contributed by atoms with Gasteiger partial charge in [-0.25, -0.2) is 4.79 Å². The van der Waals surface area contributed by atoms with Gasteiger partial charge in [0.15, 0.2) is 0 Å². The average Bonchev–Trinajstić information content (AvgIpc) is 3.17. The molecule has 1 aliphatic rings. The Labute approximate surface area is 161 Å². The zero-order valence-electron chi connectivity index (χ0n) is 15.3. The highest BCUT2D eigenvalue weighted by Gasteiger charge is 2.42. The molecule has 3 rings (SSSR count). The van der Waals surface area contributed by atoms with Gasteiger partial charge in [0, 0.05) is 18.2 Å². The summed E-state index contributed by atoms with van der Waals surface area (Å²) in [4.78, 5) is 40.4. The second-order valence-corrected chi connectivity index (χ2v) is 6.36. The number of carbonyl (C=O) groups is 3. The first-order valence-corrected chi connectivity index (χ1v) is 8.86. The molecular weight excluding hydrogens is 364 g/mol. The molecule has 2 N–H and O–H groups in total. The molecule has 0 aliphatic carbocycles. The van der Waals surface area contributed by atoms with Crippen LogP contribution < -0.4 is 0 Å². The highest BCUT2D eigenvalue weighted by atomic mass is 16.3. The van der Waals surface area contributed by atoms with Crippen molar-refractivity contribution < 1.29 is 29.0 Å². The molecule has 1 aliphatic heterocycles. The lowest BCUT2D eigenvalue weighted by atomic mass is 10.0. The molecule has 0 radical (unpaired) electrons. The summed E-state index contributed by atoms with van der Waals surface area (Å²) in [5, 5.41) is 19.4. The summed E-state index contributed by atoms with van der Waals surface area (Å²) in [6, 6.07) is 6.37.